The lowest BCUT2D eigenvalue weighted by Crippen LogP contribution is -2.35. The van der Waals surface area contributed by atoms with Crippen molar-refractivity contribution in [3.8, 4) is 5.88 Å². The van der Waals surface area contributed by atoms with E-state index in [-0.39, 0.29) is 5.95 Å². The van der Waals surface area contributed by atoms with E-state index in [4.69, 9.17) is 10.5 Å². The van der Waals surface area contributed by atoms with E-state index < -0.39 is 0 Å². The second-order valence-corrected chi connectivity index (χ2v) is 5.95. The molecule has 3 N–H and O–H groups in total. The molecule has 0 bridgehead atoms. The first-order chi connectivity index (χ1) is 11.2. The molecule has 0 fully saturated rings. The molecule has 0 saturated carbocycles. The fourth-order valence-corrected chi connectivity index (χ4v) is 2.55. The minimum absolute atomic E-state index is 0.102. The Bertz CT molecular complexity index is 441. The molecular weight excluding hydrogens is 292 g/mol. The van der Waals surface area contributed by atoms with E-state index in [1.807, 2.05) is 0 Å². The number of hydrogen-bond donors (Lipinski definition) is 2. The Kier molecular flexibility index (Phi) is 9.91. The Morgan fingerprint density at radius 1 is 1.09 bits per heavy atom. The summed E-state index contributed by atoms with van der Waals surface area (Å²) in [5.41, 5.74) is 5.55. The molecule has 1 aromatic rings. The van der Waals surface area contributed by atoms with Crippen LogP contribution in [0.1, 0.15) is 71.1 Å². The number of unbranched alkanes of at least 4 members (excludes halogenated alkanes) is 9. The summed E-state index contributed by atoms with van der Waals surface area (Å²) in [5.74, 6) is 0.639. The van der Waals surface area contributed by atoms with Crippen LogP contribution in [0.2, 0.25) is 0 Å². The largest absolute Gasteiger partial charge is 0.754 e. The molecule has 0 amide bonds. The van der Waals surface area contributed by atoms with Gasteiger partial charge >= 0.3 is 5.95 Å². The van der Waals surface area contributed by atoms with Crippen LogP contribution in [0, 0.1) is 5.21 Å². The van der Waals surface area contributed by atoms with Crippen LogP contribution in [0.15, 0.2) is 6.07 Å². The number of ether oxygens (including phenoxy) is 1. The molecular formula is C17H32N4O2. The van der Waals surface area contributed by atoms with Gasteiger partial charge in [0, 0.05) is 6.54 Å². The highest BCUT2D eigenvalue weighted by Crippen LogP contribution is 2.13. The van der Waals surface area contributed by atoms with Crippen LogP contribution in [-0.2, 0) is 0 Å². The molecule has 0 aromatic carbocycles. The lowest BCUT2D eigenvalue weighted by molar-refractivity contribution is -0.577. The summed E-state index contributed by atoms with van der Waals surface area (Å²) in [6.07, 6.45) is 12.9. The van der Waals surface area contributed by atoms with Crippen molar-refractivity contribution in [2.24, 2.45) is 0 Å². The van der Waals surface area contributed by atoms with Crippen molar-refractivity contribution in [2.45, 2.75) is 71.1 Å². The fourth-order valence-electron chi connectivity index (χ4n) is 2.55. The quantitative estimate of drug-likeness (QED) is 0.328. The second-order valence-electron chi connectivity index (χ2n) is 5.95. The van der Waals surface area contributed by atoms with E-state index in [0.29, 0.717) is 16.4 Å². The Morgan fingerprint density at radius 2 is 1.65 bits per heavy atom. The number of hydrogen-bond acceptors (Lipinski definition) is 5. The lowest BCUT2D eigenvalue weighted by atomic mass is 10.1. The Labute approximate surface area is 140 Å². The molecule has 0 aliphatic carbocycles. The summed E-state index contributed by atoms with van der Waals surface area (Å²) in [6, 6.07) is 1.57. The molecule has 1 heterocycles. The highest BCUT2D eigenvalue weighted by Gasteiger charge is 2.10. The van der Waals surface area contributed by atoms with E-state index >= 15 is 0 Å². The Hall–Kier alpha value is -1.72. The van der Waals surface area contributed by atoms with Crippen LogP contribution in [-0.4, -0.2) is 18.6 Å². The van der Waals surface area contributed by atoms with Crippen molar-refractivity contribution in [3.63, 3.8) is 0 Å². The minimum Gasteiger partial charge on any atom is -0.754 e. The van der Waals surface area contributed by atoms with Crippen LogP contribution in [0.25, 0.3) is 0 Å². The fraction of sp³-hybridized carbons (Fsp3) is 0.765. The first-order valence-corrected chi connectivity index (χ1v) is 8.87. The molecule has 0 aliphatic rings. The van der Waals surface area contributed by atoms with Gasteiger partial charge in [-0.25, -0.2) is 4.73 Å². The third kappa shape index (κ3) is 7.90. The van der Waals surface area contributed by atoms with Gasteiger partial charge in [-0.3, -0.25) is 0 Å². The number of nitrogens with two attached hydrogens (primary N) is 1. The zero-order chi connectivity index (χ0) is 16.9. The standard InChI is InChI=1S/C17H32N4O2/c1-3-4-5-6-7-8-9-10-11-12-13-19-15-14-16(23-2)20-17(18)21(15)22/h14,19H,3-13H2,1-2H3,(H2,18,20). The number of nitrogens with zero attached hydrogens (tertiary/aromatic N) is 2. The summed E-state index contributed by atoms with van der Waals surface area (Å²) in [6.45, 7) is 3.00. The average molecular weight is 324 g/mol. The highest BCUT2D eigenvalue weighted by molar-refractivity contribution is 5.36. The smallest absolute Gasteiger partial charge is 0.347 e. The third-order valence-electron chi connectivity index (χ3n) is 3.96. The maximum absolute atomic E-state index is 11.8. The van der Waals surface area contributed by atoms with Gasteiger partial charge in [0.25, 0.3) is 5.88 Å². The van der Waals surface area contributed by atoms with Crippen LogP contribution in [0.4, 0.5) is 11.8 Å². The zero-order valence-corrected chi connectivity index (χ0v) is 14.6. The molecule has 0 atom stereocenters. The van der Waals surface area contributed by atoms with Gasteiger partial charge in [0.1, 0.15) is 0 Å². The normalized spacial score (nSPS) is 10.7. The molecule has 0 aliphatic heterocycles. The van der Waals surface area contributed by atoms with E-state index in [2.05, 4.69) is 17.2 Å². The summed E-state index contributed by atoms with van der Waals surface area (Å²) < 4.78 is 5.61. The Morgan fingerprint density at radius 3 is 2.22 bits per heavy atom. The van der Waals surface area contributed by atoms with Crippen molar-refractivity contribution in [2.75, 3.05) is 24.7 Å². The van der Waals surface area contributed by atoms with Crippen LogP contribution in [0.5, 0.6) is 5.88 Å². The SMILES string of the molecule is CCCCCCCCCCCCNc1cc(OC)nc(N)[n+]1[O-]. The molecule has 6 heteroatoms. The summed E-state index contributed by atoms with van der Waals surface area (Å²) in [5, 5.41) is 14.9. The van der Waals surface area contributed by atoms with Crippen LogP contribution in [0.3, 0.4) is 0 Å². The van der Waals surface area contributed by atoms with Crippen molar-refractivity contribution in [1.29, 1.82) is 0 Å². The van der Waals surface area contributed by atoms with Gasteiger partial charge in [-0.15, -0.1) is 0 Å². The van der Waals surface area contributed by atoms with Crippen LogP contribution >= 0.6 is 0 Å². The monoisotopic (exact) mass is 324 g/mol. The highest BCUT2D eigenvalue weighted by atomic mass is 16.5. The van der Waals surface area contributed by atoms with E-state index in [1.165, 1.54) is 64.9 Å². The second kappa shape index (κ2) is 11.8. The first kappa shape index (κ1) is 19.3. The van der Waals surface area contributed by atoms with Crippen LogP contribution < -0.4 is 20.5 Å². The number of aromatic nitrogens is 2. The molecule has 0 radical (unpaired) electrons. The summed E-state index contributed by atoms with van der Waals surface area (Å²) in [7, 11) is 1.50. The van der Waals surface area contributed by atoms with E-state index in [1.54, 1.807) is 6.07 Å². The average Bonchev–Trinajstić information content (AvgIpc) is 2.56. The minimum atomic E-state index is -0.102. The number of methoxy groups -OCH3 is 1. The first-order valence-electron chi connectivity index (χ1n) is 8.87. The van der Waals surface area contributed by atoms with Gasteiger partial charge in [0.05, 0.1) is 13.2 Å². The van der Waals surface area contributed by atoms with Gasteiger partial charge in [-0.1, -0.05) is 69.7 Å². The molecule has 0 spiro atoms. The summed E-state index contributed by atoms with van der Waals surface area (Å²) >= 11 is 0. The maximum Gasteiger partial charge on any atom is 0.347 e. The van der Waals surface area contributed by atoms with Crippen molar-refractivity contribution < 1.29 is 9.47 Å². The maximum atomic E-state index is 11.8. The molecule has 23 heavy (non-hydrogen) atoms. The van der Waals surface area contributed by atoms with Crippen molar-refractivity contribution >= 4 is 11.8 Å². The molecule has 1 rings (SSSR count). The Balaban J connectivity index is 2.08. The molecule has 6 nitrogen and oxygen atoms in total. The van der Waals surface area contributed by atoms with Gasteiger partial charge < -0.3 is 21.0 Å². The summed E-state index contributed by atoms with van der Waals surface area (Å²) in [4.78, 5) is 3.82. The van der Waals surface area contributed by atoms with E-state index in [0.717, 1.165) is 13.0 Å². The van der Waals surface area contributed by atoms with Gasteiger partial charge in [-0.2, -0.15) is 0 Å². The van der Waals surface area contributed by atoms with Crippen molar-refractivity contribution in [3.05, 3.63) is 11.3 Å². The van der Waals surface area contributed by atoms with Gasteiger partial charge in [0.15, 0.2) is 0 Å². The topological polar surface area (TPSA) is 87.1 Å². The number of anilines is 2. The molecule has 132 valence electrons. The predicted molar refractivity (Wildman–Crippen MR) is 94.5 cm³/mol. The predicted octanol–water partition coefficient (Wildman–Crippen LogP) is 3.64. The van der Waals surface area contributed by atoms with E-state index in [9.17, 15) is 5.21 Å². The zero-order valence-electron chi connectivity index (χ0n) is 14.6. The van der Waals surface area contributed by atoms with Crippen molar-refractivity contribution in [1.82, 2.24) is 4.98 Å². The van der Waals surface area contributed by atoms with Gasteiger partial charge in [-0.05, 0) is 6.42 Å². The number of nitrogens with one attached hydrogen (secondary N) is 1. The molecule has 1 aromatic heterocycles. The van der Waals surface area contributed by atoms with Gasteiger partial charge in [0.2, 0.25) is 5.82 Å². The number of rotatable bonds is 13. The molecule has 0 unspecified atom stereocenters. The number of nitrogen functional groups attached to an aromatic ring is 1. The lowest BCUT2D eigenvalue weighted by Gasteiger charge is -2.13. The third-order valence-corrected chi connectivity index (χ3v) is 3.96. The molecule has 0 saturated heterocycles.